The van der Waals surface area contributed by atoms with Gasteiger partial charge >= 0.3 is 0 Å². The highest BCUT2D eigenvalue weighted by Crippen LogP contribution is 2.33. The predicted molar refractivity (Wildman–Crippen MR) is 139 cm³/mol. The van der Waals surface area contributed by atoms with Gasteiger partial charge in [-0.15, -0.1) is 6.58 Å². The van der Waals surface area contributed by atoms with Crippen LogP contribution in [0.5, 0.6) is 0 Å². The molecular weight excluding hydrogens is 531 g/mol. The first-order valence-corrected chi connectivity index (χ1v) is 12.9. The van der Waals surface area contributed by atoms with E-state index in [1.807, 2.05) is 0 Å². The number of fused-ring (bicyclic) bond motifs is 1. The van der Waals surface area contributed by atoms with Crippen molar-refractivity contribution in [2.24, 2.45) is 0 Å². The number of nitrogens with zero attached hydrogens (tertiary/aromatic N) is 3. The summed E-state index contributed by atoms with van der Waals surface area (Å²) >= 11 is 18.5. The van der Waals surface area contributed by atoms with Gasteiger partial charge in [-0.25, -0.2) is 13.4 Å². The molecule has 0 aliphatic carbocycles. The highest BCUT2D eigenvalue weighted by Gasteiger charge is 2.28. The zero-order valence-electron chi connectivity index (χ0n) is 18.2. The number of halogens is 3. The van der Waals surface area contributed by atoms with Gasteiger partial charge < -0.3 is 9.72 Å². The Morgan fingerprint density at radius 1 is 1.06 bits per heavy atom. The number of hydrogen-bond donors (Lipinski definition) is 1. The molecule has 0 fully saturated rings. The zero-order valence-corrected chi connectivity index (χ0v) is 21.2. The standard InChI is InChI=1S/C24H19Cl3N4O3S/c1-2-11-31(21-6-4-3-5-19(21)26)35(33,34)22-12-16(7-9-20(22)27)24(32)28-13-18-15-30-14-17(25)8-10-23(30)29-18/h2-10,12,14-15H,1,11,13H2,(H,28,32). The van der Waals surface area contributed by atoms with Crippen LogP contribution in [0.25, 0.3) is 5.65 Å². The number of sulfonamides is 1. The van der Waals surface area contributed by atoms with Crippen LogP contribution in [-0.2, 0) is 16.6 Å². The second-order valence-electron chi connectivity index (χ2n) is 7.45. The van der Waals surface area contributed by atoms with Crippen molar-refractivity contribution < 1.29 is 13.2 Å². The number of rotatable bonds is 8. The number of carbonyl (C=O) groups is 1. The van der Waals surface area contributed by atoms with E-state index in [4.69, 9.17) is 34.8 Å². The number of pyridine rings is 1. The minimum absolute atomic E-state index is 0.0279. The van der Waals surface area contributed by atoms with Gasteiger partial charge in [0, 0.05) is 18.0 Å². The Kier molecular flexibility index (Phi) is 7.37. The summed E-state index contributed by atoms with van der Waals surface area (Å²) in [7, 11) is -4.18. The maximum atomic E-state index is 13.6. The van der Waals surface area contributed by atoms with Gasteiger partial charge in [-0.05, 0) is 42.5 Å². The van der Waals surface area contributed by atoms with Gasteiger partial charge in [0.05, 0.1) is 39.5 Å². The number of imidazole rings is 1. The van der Waals surface area contributed by atoms with Gasteiger partial charge in [0.25, 0.3) is 15.9 Å². The van der Waals surface area contributed by atoms with Crippen LogP contribution >= 0.6 is 34.8 Å². The van der Waals surface area contributed by atoms with Gasteiger partial charge in [0.2, 0.25) is 0 Å². The average molecular weight is 550 g/mol. The molecule has 4 aromatic rings. The summed E-state index contributed by atoms with van der Waals surface area (Å²) in [4.78, 5) is 17.0. The quantitative estimate of drug-likeness (QED) is 0.290. The molecule has 11 heteroatoms. The summed E-state index contributed by atoms with van der Waals surface area (Å²) in [5.74, 6) is -0.485. The third-order valence-electron chi connectivity index (χ3n) is 5.07. The lowest BCUT2D eigenvalue weighted by Crippen LogP contribution is -2.32. The average Bonchev–Trinajstić information content (AvgIpc) is 3.23. The first-order chi connectivity index (χ1) is 16.7. The molecule has 2 aromatic heterocycles. The first-order valence-electron chi connectivity index (χ1n) is 10.3. The van der Waals surface area contributed by atoms with E-state index in [1.165, 1.54) is 24.3 Å². The predicted octanol–water partition coefficient (Wildman–Crippen LogP) is 5.61. The van der Waals surface area contributed by atoms with Crippen molar-refractivity contribution in [2.75, 3.05) is 10.8 Å². The lowest BCUT2D eigenvalue weighted by molar-refractivity contribution is 0.0950. The van der Waals surface area contributed by atoms with Crippen molar-refractivity contribution in [2.45, 2.75) is 11.4 Å². The molecule has 180 valence electrons. The lowest BCUT2D eigenvalue weighted by Gasteiger charge is -2.24. The third kappa shape index (κ3) is 5.31. The van der Waals surface area contributed by atoms with Crippen molar-refractivity contribution in [3.05, 3.63) is 106 Å². The van der Waals surface area contributed by atoms with E-state index in [9.17, 15) is 13.2 Å². The second kappa shape index (κ2) is 10.3. The van der Waals surface area contributed by atoms with Gasteiger partial charge in [-0.3, -0.25) is 9.10 Å². The van der Waals surface area contributed by atoms with Crippen molar-refractivity contribution in [1.82, 2.24) is 14.7 Å². The monoisotopic (exact) mass is 548 g/mol. The van der Waals surface area contributed by atoms with Crippen LogP contribution in [0, 0.1) is 0 Å². The Labute approximate surface area is 217 Å². The number of para-hydroxylation sites is 1. The molecule has 0 aliphatic rings. The molecule has 0 unspecified atom stereocenters. The second-order valence-corrected chi connectivity index (χ2v) is 10.5. The summed E-state index contributed by atoms with van der Waals surface area (Å²) in [6.07, 6.45) is 4.89. The fourth-order valence-corrected chi connectivity index (χ4v) is 5.85. The summed E-state index contributed by atoms with van der Waals surface area (Å²) in [6, 6.07) is 14.1. The molecule has 0 saturated heterocycles. The number of carbonyl (C=O) groups excluding carboxylic acids is 1. The summed E-state index contributed by atoms with van der Waals surface area (Å²) in [6.45, 7) is 3.73. The van der Waals surface area contributed by atoms with Crippen molar-refractivity contribution in [3.63, 3.8) is 0 Å². The summed E-state index contributed by atoms with van der Waals surface area (Å²) < 4.78 is 30.0. The number of amides is 1. The van der Waals surface area contributed by atoms with E-state index in [0.717, 1.165) is 4.31 Å². The maximum Gasteiger partial charge on any atom is 0.266 e. The van der Waals surface area contributed by atoms with E-state index in [1.54, 1.807) is 53.2 Å². The van der Waals surface area contributed by atoms with Gasteiger partial charge in [-0.1, -0.05) is 53.0 Å². The summed E-state index contributed by atoms with van der Waals surface area (Å²) in [5.41, 5.74) is 1.68. The van der Waals surface area contributed by atoms with Crippen LogP contribution in [0.15, 0.2) is 84.5 Å². The fourth-order valence-electron chi connectivity index (χ4n) is 3.43. The molecule has 0 spiro atoms. The maximum absolute atomic E-state index is 13.6. The zero-order chi connectivity index (χ0) is 25.2. The molecule has 2 aromatic carbocycles. The minimum atomic E-state index is -4.18. The molecule has 2 heterocycles. The lowest BCUT2D eigenvalue weighted by atomic mass is 10.2. The van der Waals surface area contributed by atoms with Gasteiger partial charge in [0.1, 0.15) is 10.5 Å². The Morgan fingerprint density at radius 3 is 2.57 bits per heavy atom. The first kappa shape index (κ1) is 25.1. The Hall–Kier alpha value is -3.04. The topological polar surface area (TPSA) is 83.8 Å². The molecule has 0 bridgehead atoms. The highest BCUT2D eigenvalue weighted by molar-refractivity contribution is 7.93. The van der Waals surface area contributed by atoms with Crippen molar-refractivity contribution in [3.8, 4) is 0 Å². The Balaban J connectivity index is 1.60. The molecule has 4 rings (SSSR count). The third-order valence-corrected chi connectivity index (χ3v) is 7.88. The highest BCUT2D eigenvalue weighted by atomic mass is 35.5. The van der Waals surface area contributed by atoms with Crippen LogP contribution in [0.1, 0.15) is 16.1 Å². The molecule has 0 radical (unpaired) electrons. The van der Waals surface area contributed by atoms with Crippen LogP contribution in [0.3, 0.4) is 0 Å². The number of benzene rings is 2. The molecule has 35 heavy (non-hydrogen) atoms. The molecule has 1 amide bonds. The normalized spacial score (nSPS) is 11.4. The number of anilines is 1. The van der Waals surface area contributed by atoms with Crippen molar-refractivity contribution >= 4 is 62.1 Å². The molecule has 7 nitrogen and oxygen atoms in total. The molecule has 1 N–H and O–H groups in total. The van der Waals surface area contributed by atoms with E-state index in [0.29, 0.717) is 16.4 Å². The Bertz CT molecular complexity index is 1540. The smallest absolute Gasteiger partial charge is 0.266 e. The molecule has 0 aliphatic heterocycles. The molecule has 0 saturated carbocycles. The van der Waals surface area contributed by atoms with E-state index < -0.39 is 15.9 Å². The van der Waals surface area contributed by atoms with Crippen LogP contribution in [0.4, 0.5) is 5.69 Å². The largest absolute Gasteiger partial charge is 0.346 e. The van der Waals surface area contributed by atoms with Crippen molar-refractivity contribution in [1.29, 1.82) is 0 Å². The van der Waals surface area contributed by atoms with Crippen LogP contribution in [0.2, 0.25) is 15.1 Å². The fraction of sp³-hybridized carbons (Fsp3) is 0.0833. The summed E-state index contributed by atoms with van der Waals surface area (Å²) in [5, 5.41) is 3.52. The minimum Gasteiger partial charge on any atom is -0.346 e. The number of hydrogen-bond acceptors (Lipinski definition) is 4. The number of nitrogens with one attached hydrogen (secondary N) is 1. The van der Waals surface area contributed by atoms with E-state index in [-0.39, 0.29) is 39.3 Å². The molecule has 0 atom stereocenters. The number of aromatic nitrogens is 2. The van der Waals surface area contributed by atoms with Gasteiger partial charge in [-0.2, -0.15) is 0 Å². The van der Waals surface area contributed by atoms with E-state index in [2.05, 4.69) is 16.9 Å². The molecular formula is C24H19Cl3N4O3S. The van der Waals surface area contributed by atoms with Crippen LogP contribution in [-0.4, -0.2) is 30.3 Å². The van der Waals surface area contributed by atoms with E-state index >= 15 is 0 Å². The van der Waals surface area contributed by atoms with Crippen LogP contribution < -0.4 is 9.62 Å². The van der Waals surface area contributed by atoms with Gasteiger partial charge in [0.15, 0.2) is 0 Å². The Morgan fingerprint density at radius 2 is 1.83 bits per heavy atom. The SMILES string of the molecule is C=CCN(c1ccccc1Cl)S(=O)(=O)c1cc(C(=O)NCc2cn3cc(Cl)ccc3n2)ccc1Cl.